The van der Waals surface area contributed by atoms with E-state index in [4.69, 9.17) is 0 Å². The lowest BCUT2D eigenvalue weighted by Gasteiger charge is -2.08. The van der Waals surface area contributed by atoms with Gasteiger partial charge in [0.2, 0.25) is 0 Å². The van der Waals surface area contributed by atoms with Crippen molar-refractivity contribution in [3.05, 3.63) is 63.7 Å². The van der Waals surface area contributed by atoms with Crippen molar-refractivity contribution in [3.63, 3.8) is 0 Å². The molecule has 9 heteroatoms. The van der Waals surface area contributed by atoms with Gasteiger partial charge in [0.05, 0.1) is 12.0 Å². The molecule has 0 radical (unpaired) electrons. The summed E-state index contributed by atoms with van der Waals surface area (Å²) in [6, 6.07) is 6.73. The number of carbonyl (C=O) groups excluding carboxylic acids is 1. The van der Waals surface area contributed by atoms with Gasteiger partial charge >= 0.3 is 0 Å². The quantitative estimate of drug-likeness (QED) is 0.691. The number of nitrogens with zero attached hydrogens (tertiary/aromatic N) is 6. The molecule has 1 N–H and O–H groups in total. The molecule has 0 aliphatic rings. The Morgan fingerprint density at radius 2 is 2.00 bits per heavy atom. The molecule has 0 saturated carbocycles. The molecule has 0 bridgehead atoms. The van der Waals surface area contributed by atoms with E-state index >= 15 is 0 Å². The topological polar surface area (TPSA) is 108 Å². The summed E-state index contributed by atoms with van der Waals surface area (Å²) in [6.45, 7) is 6.38. The largest absolute Gasteiger partial charge is 0.349 e. The third-order valence-corrected chi connectivity index (χ3v) is 4.05. The Morgan fingerprint density at radius 1 is 1.19 bits per heavy atom. The molecule has 0 aromatic carbocycles. The zero-order valence-corrected chi connectivity index (χ0v) is 15.5. The molecule has 0 saturated heterocycles. The number of aromatic nitrogens is 6. The maximum absolute atomic E-state index is 12.2. The van der Waals surface area contributed by atoms with Crippen LogP contribution < -0.4 is 10.9 Å². The number of amides is 1. The van der Waals surface area contributed by atoms with Gasteiger partial charge in [0, 0.05) is 30.5 Å². The Bertz CT molecular complexity index is 1010. The number of carbonyl (C=O) groups is 1. The summed E-state index contributed by atoms with van der Waals surface area (Å²) >= 11 is 0. The Kier molecular flexibility index (Phi) is 5.39. The molecule has 3 aromatic rings. The molecule has 1 amide bonds. The number of hydrogen-bond acceptors (Lipinski definition) is 6. The Balaban J connectivity index is 1.60. The van der Waals surface area contributed by atoms with E-state index in [1.54, 1.807) is 16.8 Å². The maximum atomic E-state index is 12.2. The first kappa shape index (κ1) is 18.4. The van der Waals surface area contributed by atoms with Crippen molar-refractivity contribution in [2.75, 3.05) is 6.54 Å². The van der Waals surface area contributed by atoms with Gasteiger partial charge in [-0.05, 0) is 38.5 Å². The van der Waals surface area contributed by atoms with Crippen LogP contribution in [0.5, 0.6) is 0 Å². The summed E-state index contributed by atoms with van der Waals surface area (Å²) in [5.74, 6) is 0.194. The molecule has 3 aromatic heterocycles. The number of rotatable bonds is 6. The van der Waals surface area contributed by atoms with Gasteiger partial charge in [-0.15, -0.1) is 10.2 Å². The summed E-state index contributed by atoms with van der Waals surface area (Å²) in [5, 5.41) is 15.1. The third-order valence-electron chi connectivity index (χ3n) is 4.05. The van der Waals surface area contributed by atoms with Gasteiger partial charge in [-0.2, -0.15) is 5.10 Å². The second-order valence-corrected chi connectivity index (χ2v) is 6.14. The lowest BCUT2D eigenvalue weighted by Crippen LogP contribution is -2.31. The molecular formula is C18H21N7O2. The third kappa shape index (κ3) is 4.25. The van der Waals surface area contributed by atoms with Crippen LogP contribution in [0.25, 0.3) is 5.82 Å². The molecule has 9 nitrogen and oxygen atoms in total. The van der Waals surface area contributed by atoms with Gasteiger partial charge < -0.3 is 5.32 Å². The van der Waals surface area contributed by atoms with Crippen LogP contribution in [-0.4, -0.2) is 42.0 Å². The smallest absolute Gasteiger partial charge is 0.271 e. The van der Waals surface area contributed by atoms with Gasteiger partial charge in [0.15, 0.2) is 11.5 Å². The number of hydrogen-bond donors (Lipinski definition) is 1. The van der Waals surface area contributed by atoms with Crippen LogP contribution >= 0.6 is 0 Å². The summed E-state index contributed by atoms with van der Waals surface area (Å²) < 4.78 is 3.13. The number of nitrogens with one attached hydrogen (secondary N) is 1. The summed E-state index contributed by atoms with van der Waals surface area (Å²) in [7, 11) is 0. The van der Waals surface area contributed by atoms with E-state index in [2.05, 4.69) is 25.6 Å². The van der Waals surface area contributed by atoms with Crippen LogP contribution in [0.2, 0.25) is 0 Å². The van der Waals surface area contributed by atoms with Crippen LogP contribution in [0.4, 0.5) is 0 Å². The molecule has 140 valence electrons. The number of aryl methyl sites for hydroxylation is 3. The van der Waals surface area contributed by atoms with Crippen molar-refractivity contribution >= 4 is 5.91 Å². The first-order chi connectivity index (χ1) is 13.0. The average molecular weight is 367 g/mol. The zero-order chi connectivity index (χ0) is 19.4. The highest BCUT2D eigenvalue weighted by atomic mass is 16.2. The predicted octanol–water partition coefficient (Wildman–Crippen LogP) is 0.828. The van der Waals surface area contributed by atoms with Crippen molar-refractivity contribution in [1.82, 2.24) is 34.8 Å². The Labute approximate surface area is 156 Å². The molecule has 0 atom stereocenters. The van der Waals surface area contributed by atoms with Crippen LogP contribution in [0, 0.1) is 13.8 Å². The predicted molar refractivity (Wildman–Crippen MR) is 98.8 cm³/mol. The monoisotopic (exact) mass is 367 g/mol. The van der Waals surface area contributed by atoms with Gasteiger partial charge in [0.25, 0.3) is 11.5 Å². The van der Waals surface area contributed by atoms with Crippen LogP contribution in [0.3, 0.4) is 0 Å². The normalized spacial score (nSPS) is 10.8. The average Bonchev–Trinajstić information content (AvgIpc) is 3.01. The highest BCUT2D eigenvalue weighted by Crippen LogP contribution is 2.08. The molecule has 0 unspecified atom stereocenters. The second-order valence-electron chi connectivity index (χ2n) is 6.14. The van der Waals surface area contributed by atoms with E-state index in [-0.39, 0.29) is 23.7 Å². The molecule has 27 heavy (non-hydrogen) atoms. The van der Waals surface area contributed by atoms with Crippen molar-refractivity contribution < 1.29 is 4.79 Å². The first-order valence-corrected chi connectivity index (χ1v) is 8.69. The van der Waals surface area contributed by atoms with Gasteiger partial charge in [-0.25, -0.2) is 9.67 Å². The van der Waals surface area contributed by atoms with E-state index in [0.717, 1.165) is 17.1 Å². The molecule has 0 spiro atoms. The molecule has 3 rings (SSSR count). The minimum atomic E-state index is -0.353. The Morgan fingerprint density at radius 3 is 2.59 bits per heavy atom. The summed E-state index contributed by atoms with van der Waals surface area (Å²) in [4.78, 5) is 28.3. The maximum Gasteiger partial charge on any atom is 0.271 e. The molecule has 3 heterocycles. The second kappa shape index (κ2) is 7.90. The van der Waals surface area contributed by atoms with Crippen molar-refractivity contribution in [3.8, 4) is 5.82 Å². The first-order valence-electron chi connectivity index (χ1n) is 8.69. The molecular weight excluding hydrogens is 346 g/mol. The summed E-state index contributed by atoms with van der Waals surface area (Å²) in [6.07, 6.45) is 2.20. The van der Waals surface area contributed by atoms with Crippen molar-refractivity contribution in [1.29, 1.82) is 0 Å². The van der Waals surface area contributed by atoms with Gasteiger partial charge in [-0.1, -0.05) is 6.92 Å². The van der Waals surface area contributed by atoms with Crippen LogP contribution in [0.15, 0.2) is 35.4 Å². The highest BCUT2D eigenvalue weighted by Gasteiger charge is 2.10. The highest BCUT2D eigenvalue weighted by molar-refractivity contribution is 5.92. The van der Waals surface area contributed by atoms with E-state index in [0.29, 0.717) is 18.8 Å². The fourth-order valence-electron chi connectivity index (χ4n) is 2.63. The lowest BCUT2D eigenvalue weighted by atomic mass is 10.3. The van der Waals surface area contributed by atoms with E-state index in [1.807, 2.05) is 26.8 Å². The van der Waals surface area contributed by atoms with E-state index in [1.165, 1.54) is 17.0 Å². The molecule has 0 aliphatic heterocycles. The minimum absolute atomic E-state index is 0.134. The van der Waals surface area contributed by atoms with Crippen LogP contribution in [-0.2, 0) is 13.0 Å². The van der Waals surface area contributed by atoms with Crippen molar-refractivity contribution in [2.24, 2.45) is 0 Å². The van der Waals surface area contributed by atoms with Crippen molar-refractivity contribution in [2.45, 2.75) is 33.7 Å². The van der Waals surface area contributed by atoms with Crippen LogP contribution in [0.1, 0.15) is 34.5 Å². The zero-order valence-electron chi connectivity index (χ0n) is 15.5. The summed E-state index contributed by atoms with van der Waals surface area (Å²) in [5.41, 5.74) is 2.63. The SMILES string of the molecule is CCc1cc(=O)n(CCNC(=O)c2ccc(-n3nc(C)cc3C)nn2)cn1. The molecule has 0 aliphatic carbocycles. The Hall–Kier alpha value is -3.36. The standard InChI is InChI=1S/C18H21N7O2/c1-4-14-10-17(26)24(11-20-14)8-7-19-18(27)15-5-6-16(22-21-15)25-13(3)9-12(2)23-25/h5-6,9-11H,4,7-8H2,1-3H3,(H,19,27). The van der Waals surface area contributed by atoms with E-state index < -0.39 is 0 Å². The minimum Gasteiger partial charge on any atom is -0.349 e. The molecule has 0 fully saturated rings. The fraction of sp³-hybridized carbons (Fsp3) is 0.333. The fourth-order valence-corrected chi connectivity index (χ4v) is 2.63. The lowest BCUT2D eigenvalue weighted by molar-refractivity contribution is 0.0946. The van der Waals surface area contributed by atoms with Gasteiger partial charge in [-0.3, -0.25) is 14.2 Å². The van der Waals surface area contributed by atoms with E-state index in [9.17, 15) is 9.59 Å². The van der Waals surface area contributed by atoms with Gasteiger partial charge in [0.1, 0.15) is 0 Å².